The van der Waals surface area contributed by atoms with E-state index in [-0.39, 0.29) is 0 Å². The Labute approximate surface area is 119 Å². The number of nitrogen functional groups attached to an aromatic ring is 1. The van der Waals surface area contributed by atoms with Crippen LogP contribution in [-0.2, 0) is 24.2 Å². The van der Waals surface area contributed by atoms with Gasteiger partial charge in [-0.15, -0.1) is 0 Å². The molecule has 4 nitrogen and oxygen atoms in total. The quantitative estimate of drug-likeness (QED) is 0.930. The van der Waals surface area contributed by atoms with Gasteiger partial charge in [0.2, 0.25) is 0 Å². The molecule has 3 rings (SSSR count). The van der Waals surface area contributed by atoms with Crippen LogP contribution < -0.4 is 5.73 Å². The van der Waals surface area contributed by atoms with Gasteiger partial charge >= 0.3 is 0 Å². The Hall–Kier alpha value is -1.94. The van der Waals surface area contributed by atoms with Gasteiger partial charge in [-0.2, -0.15) is 0 Å². The van der Waals surface area contributed by atoms with Crippen LogP contribution in [0.3, 0.4) is 0 Å². The van der Waals surface area contributed by atoms with Crippen LogP contribution in [0.2, 0.25) is 0 Å². The fourth-order valence-corrected chi connectivity index (χ4v) is 2.72. The molecule has 0 amide bonds. The molecule has 0 atom stereocenters. The predicted octanol–water partition coefficient (Wildman–Crippen LogP) is 2.75. The van der Waals surface area contributed by atoms with Gasteiger partial charge in [0, 0.05) is 23.9 Å². The molecule has 20 heavy (non-hydrogen) atoms. The lowest BCUT2D eigenvalue weighted by molar-refractivity contribution is 0.185. The molecule has 1 heterocycles. The van der Waals surface area contributed by atoms with Gasteiger partial charge in [0.1, 0.15) is 5.82 Å². The first kappa shape index (κ1) is 13.1. The van der Waals surface area contributed by atoms with E-state index in [1.807, 2.05) is 18.2 Å². The average molecular weight is 269 g/mol. The minimum absolute atomic E-state index is 0.592. The summed E-state index contributed by atoms with van der Waals surface area (Å²) in [6, 6.07) is 8.12. The first-order valence-electron chi connectivity index (χ1n) is 7.01. The van der Waals surface area contributed by atoms with Crippen LogP contribution in [-0.4, -0.2) is 17.1 Å². The zero-order valence-corrected chi connectivity index (χ0v) is 11.7. The Kier molecular flexibility index (Phi) is 3.65. The van der Waals surface area contributed by atoms with Gasteiger partial charge < -0.3 is 10.5 Å². The Balaban J connectivity index is 2.01. The van der Waals surface area contributed by atoms with Gasteiger partial charge in [-0.1, -0.05) is 18.2 Å². The van der Waals surface area contributed by atoms with E-state index in [0.717, 1.165) is 41.1 Å². The maximum absolute atomic E-state index is 6.10. The molecule has 1 aliphatic carbocycles. The number of benzene rings is 1. The summed E-state index contributed by atoms with van der Waals surface area (Å²) < 4.78 is 5.17. The lowest BCUT2D eigenvalue weighted by atomic mass is 9.96. The van der Waals surface area contributed by atoms with Gasteiger partial charge in [0.05, 0.1) is 6.61 Å². The number of nitrogens with zero attached hydrogens (tertiary/aromatic N) is 2. The topological polar surface area (TPSA) is 61.0 Å². The van der Waals surface area contributed by atoms with E-state index in [0.29, 0.717) is 12.4 Å². The molecule has 1 aromatic carbocycles. The van der Waals surface area contributed by atoms with Crippen molar-refractivity contribution in [2.45, 2.75) is 32.3 Å². The Morgan fingerprint density at radius 1 is 1.20 bits per heavy atom. The van der Waals surface area contributed by atoms with Crippen LogP contribution in [0.1, 0.15) is 29.7 Å². The van der Waals surface area contributed by atoms with E-state index in [1.54, 1.807) is 7.11 Å². The molecule has 0 bridgehead atoms. The third-order valence-electron chi connectivity index (χ3n) is 3.71. The van der Waals surface area contributed by atoms with Crippen molar-refractivity contribution in [3.8, 4) is 11.4 Å². The van der Waals surface area contributed by atoms with Crippen molar-refractivity contribution in [3.05, 3.63) is 41.1 Å². The number of aryl methyl sites for hydroxylation is 1. The van der Waals surface area contributed by atoms with E-state index in [9.17, 15) is 0 Å². The summed E-state index contributed by atoms with van der Waals surface area (Å²) in [6.45, 7) is 0.592. The van der Waals surface area contributed by atoms with Crippen molar-refractivity contribution >= 4 is 5.82 Å². The summed E-state index contributed by atoms with van der Waals surface area (Å²) in [6.07, 6.45) is 4.38. The van der Waals surface area contributed by atoms with Crippen molar-refractivity contribution < 1.29 is 4.74 Å². The van der Waals surface area contributed by atoms with Crippen molar-refractivity contribution in [1.29, 1.82) is 0 Å². The Morgan fingerprint density at radius 2 is 2.05 bits per heavy atom. The van der Waals surface area contributed by atoms with Crippen LogP contribution in [0.15, 0.2) is 24.3 Å². The van der Waals surface area contributed by atoms with E-state index >= 15 is 0 Å². The van der Waals surface area contributed by atoms with Crippen molar-refractivity contribution in [3.63, 3.8) is 0 Å². The van der Waals surface area contributed by atoms with Crippen LogP contribution in [0.25, 0.3) is 11.4 Å². The maximum Gasteiger partial charge on any atom is 0.161 e. The zero-order chi connectivity index (χ0) is 13.9. The molecule has 0 aliphatic heterocycles. The van der Waals surface area contributed by atoms with E-state index in [4.69, 9.17) is 15.5 Å². The standard InChI is InChI=1S/C16H19N3O/c1-20-10-11-5-4-6-12(9-11)16-18-14-8-3-2-7-13(14)15(17)19-16/h4-6,9H,2-3,7-8,10H2,1H3,(H2,17,18,19). The molecular formula is C16H19N3O. The molecule has 0 unspecified atom stereocenters. The van der Waals surface area contributed by atoms with Crippen LogP contribution in [0.5, 0.6) is 0 Å². The number of nitrogens with two attached hydrogens (primary N) is 1. The molecule has 2 N–H and O–H groups in total. The maximum atomic E-state index is 6.10. The smallest absolute Gasteiger partial charge is 0.161 e. The lowest BCUT2D eigenvalue weighted by Gasteiger charge is -2.17. The first-order chi connectivity index (χ1) is 9.78. The third-order valence-corrected chi connectivity index (χ3v) is 3.71. The monoisotopic (exact) mass is 269 g/mol. The molecule has 0 spiro atoms. The highest BCUT2D eigenvalue weighted by Crippen LogP contribution is 2.27. The molecule has 104 valence electrons. The van der Waals surface area contributed by atoms with Gasteiger partial charge in [-0.05, 0) is 37.3 Å². The van der Waals surface area contributed by atoms with E-state index < -0.39 is 0 Å². The Bertz CT molecular complexity index is 625. The fraction of sp³-hybridized carbons (Fsp3) is 0.375. The summed E-state index contributed by atoms with van der Waals surface area (Å²) >= 11 is 0. The zero-order valence-electron chi connectivity index (χ0n) is 11.7. The average Bonchev–Trinajstić information content (AvgIpc) is 2.48. The van der Waals surface area contributed by atoms with Gasteiger partial charge in [0.25, 0.3) is 0 Å². The van der Waals surface area contributed by atoms with Gasteiger partial charge in [0.15, 0.2) is 5.82 Å². The van der Waals surface area contributed by atoms with Gasteiger partial charge in [-0.25, -0.2) is 9.97 Å². The second-order valence-electron chi connectivity index (χ2n) is 5.20. The highest BCUT2D eigenvalue weighted by atomic mass is 16.5. The number of methoxy groups -OCH3 is 1. The first-order valence-corrected chi connectivity index (χ1v) is 7.01. The minimum Gasteiger partial charge on any atom is -0.383 e. The highest BCUT2D eigenvalue weighted by molar-refractivity contribution is 5.60. The largest absolute Gasteiger partial charge is 0.383 e. The lowest BCUT2D eigenvalue weighted by Crippen LogP contribution is -2.11. The number of hydrogen-bond acceptors (Lipinski definition) is 4. The molecular weight excluding hydrogens is 250 g/mol. The number of anilines is 1. The van der Waals surface area contributed by atoms with Crippen LogP contribution >= 0.6 is 0 Å². The molecule has 0 saturated carbocycles. The molecule has 0 saturated heterocycles. The second kappa shape index (κ2) is 5.59. The number of hydrogen-bond donors (Lipinski definition) is 1. The molecule has 0 radical (unpaired) electrons. The highest BCUT2D eigenvalue weighted by Gasteiger charge is 2.16. The van der Waals surface area contributed by atoms with Crippen molar-refractivity contribution in [2.75, 3.05) is 12.8 Å². The Morgan fingerprint density at radius 3 is 2.90 bits per heavy atom. The summed E-state index contributed by atoms with van der Waals surface area (Å²) in [5.74, 6) is 1.36. The second-order valence-corrected chi connectivity index (χ2v) is 5.20. The molecule has 0 fully saturated rings. The third kappa shape index (κ3) is 2.51. The number of ether oxygens (including phenoxy) is 1. The minimum atomic E-state index is 0.592. The summed E-state index contributed by atoms with van der Waals surface area (Å²) in [5.41, 5.74) is 10.5. The molecule has 1 aliphatic rings. The van der Waals surface area contributed by atoms with Crippen molar-refractivity contribution in [2.24, 2.45) is 0 Å². The van der Waals surface area contributed by atoms with E-state index in [2.05, 4.69) is 11.1 Å². The molecule has 2 aromatic rings. The van der Waals surface area contributed by atoms with Crippen LogP contribution in [0, 0.1) is 0 Å². The number of rotatable bonds is 3. The van der Waals surface area contributed by atoms with E-state index in [1.165, 1.54) is 12.8 Å². The summed E-state index contributed by atoms with van der Waals surface area (Å²) in [4.78, 5) is 9.20. The van der Waals surface area contributed by atoms with Gasteiger partial charge in [-0.3, -0.25) is 0 Å². The molecule has 4 heteroatoms. The van der Waals surface area contributed by atoms with Crippen molar-refractivity contribution in [1.82, 2.24) is 9.97 Å². The summed E-state index contributed by atoms with van der Waals surface area (Å²) in [7, 11) is 1.69. The normalized spacial score (nSPS) is 14.1. The van der Waals surface area contributed by atoms with Crippen LogP contribution in [0.4, 0.5) is 5.82 Å². The number of fused-ring (bicyclic) bond motifs is 1. The number of aromatic nitrogens is 2. The molecule has 1 aromatic heterocycles. The SMILES string of the molecule is COCc1cccc(-c2nc(N)c3c(n2)CCCC3)c1. The fourth-order valence-electron chi connectivity index (χ4n) is 2.72. The summed E-state index contributed by atoms with van der Waals surface area (Å²) in [5, 5.41) is 0. The predicted molar refractivity (Wildman–Crippen MR) is 79.2 cm³/mol.